The molecule has 1 atom stereocenters. The van der Waals surface area contributed by atoms with E-state index in [2.05, 4.69) is 0 Å². The molecular formula is C15H17NO5. The quantitative estimate of drug-likeness (QED) is 0.919. The molecule has 0 aromatic heterocycles. The number of carbonyl (C=O) groups is 3. The summed E-state index contributed by atoms with van der Waals surface area (Å²) in [7, 11) is 0. The largest absolute Gasteiger partial charge is 0.479 e. The molecule has 6 nitrogen and oxygen atoms in total. The van der Waals surface area contributed by atoms with Crippen LogP contribution in [0.2, 0.25) is 0 Å². The third kappa shape index (κ3) is 2.74. The van der Waals surface area contributed by atoms with Gasteiger partial charge in [-0.1, -0.05) is 37.3 Å². The van der Waals surface area contributed by atoms with E-state index in [9.17, 15) is 19.5 Å². The molecule has 0 radical (unpaired) electrons. The molecule has 2 amide bonds. The monoisotopic (exact) mass is 291 g/mol. The lowest BCUT2D eigenvalue weighted by atomic mass is 9.93. The minimum absolute atomic E-state index is 0.00284. The second-order valence-corrected chi connectivity index (χ2v) is 4.96. The van der Waals surface area contributed by atoms with Crippen LogP contribution in [0.1, 0.15) is 31.7 Å². The SMILES string of the molecule is CC[C@]1(C(=O)O)CCC(=O)N1C(=O)OCc1ccccc1. The molecule has 1 aromatic rings. The molecular weight excluding hydrogens is 274 g/mol. The summed E-state index contributed by atoms with van der Waals surface area (Å²) in [6.07, 6.45) is -0.571. The number of benzene rings is 1. The molecule has 0 spiro atoms. The van der Waals surface area contributed by atoms with Crippen LogP contribution in [0, 0.1) is 0 Å². The van der Waals surface area contributed by atoms with Crippen LogP contribution < -0.4 is 0 Å². The highest BCUT2D eigenvalue weighted by Gasteiger charge is 2.54. The zero-order valence-corrected chi connectivity index (χ0v) is 11.7. The first kappa shape index (κ1) is 15.0. The van der Waals surface area contributed by atoms with Crippen molar-refractivity contribution in [3.05, 3.63) is 35.9 Å². The van der Waals surface area contributed by atoms with Crippen molar-refractivity contribution in [3.8, 4) is 0 Å². The third-order valence-corrected chi connectivity index (χ3v) is 3.80. The van der Waals surface area contributed by atoms with Gasteiger partial charge in [0, 0.05) is 6.42 Å². The van der Waals surface area contributed by atoms with E-state index >= 15 is 0 Å². The summed E-state index contributed by atoms with van der Waals surface area (Å²) in [5.41, 5.74) is -0.708. The summed E-state index contributed by atoms with van der Waals surface area (Å²) < 4.78 is 5.09. The average molecular weight is 291 g/mol. The Morgan fingerprint density at radius 3 is 2.57 bits per heavy atom. The number of hydrogen-bond donors (Lipinski definition) is 1. The maximum absolute atomic E-state index is 12.1. The normalized spacial score (nSPS) is 21.4. The number of likely N-dealkylation sites (tertiary alicyclic amines) is 1. The number of rotatable bonds is 4. The van der Waals surface area contributed by atoms with E-state index in [-0.39, 0.29) is 25.9 Å². The summed E-state index contributed by atoms with van der Waals surface area (Å²) in [6.45, 7) is 1.65. The molecule has 1 saturated heterocycles. The summed E-state index contributed by atoms with van der Waals surface area (Å²) in [6, 6.07) is 9.00. The number of imide groups is 1. The van der Waals surface area contributed by atoms with Crippen LogP contribution in [-0.2, 0) is 20.9 Å². The average Bonchev–Trinajstić information content (AvgIpc) is 2.84. The number of nitrogens with zero attached hydrogens (tertiary/aromatic N) is 1. The summed E-state index contributed by atoms with van der Waals surface area (Å²) in [5.74, 6) is -1.68. The molecule has 6 heteroatoms. The zero-order chi connectivity index (χ0) is 15.5. The lowest BCUT2D eigenvalue weighted by molar-refractivity contribution is -0.153. The van der Waals surface area contributed by atoms with E-state index in [0.717, 1.165) is 10.5 Å². The van der Waals surface area contributed by atoms with E-state index in [1.807, 2.05) is 6.07 Å². The number of carboxylic acid groups (broad SMARTS) is 1. The molecule has 1 aliphatic heterocycles. The van der Waals surface area contributed by atoms with Crippen molar-refractivity contribution in [3.63, 3.8) is 0 Å². The highest BCUT2D eigenvalue weighted by atomic mass is 16.6. The lowest BCUT2D eigenvalue weighted by Crippen LogP contribution is -2.54. The molecule has 112 valence electrons. The minimum atomic E-state index is -1.48. The Morgan fingerprint density at radius 1 is 1.33 bits per heavy atom. The van der Waals surface area contributed by atoms with E-state index in [0.29, 0.717) is 0 Å². The van der Waals surface area contributed by atoms with E-state index < -0.39 is 23.5 Å². The van der Waals surface area contributed by atoms with Gasteiger partial charge >= 0.3 is 12.1 Å². The van der Waals surface area contributed by atoms with Gasteiger partial charge in [-0.25, -0.2) is 14.5 Å². The molecule has 21 heavy (non-hydrogen) atoms. The third-order valence-electron chi connectivity index (χ3n) is 3.80. The first-order valence-electron chi connectivity index (χ1n) is 6.78. The van der Waals surface area contributed by atoms with Crippen LogP contribution in [0.15, 0.2) is 30.3 Å². The van der Waals surface area contributed by atoms with Gasteiger partial charge in [0.1, 0.15) is 6.61 Å². The molecule has 0 bridgehead atoms. The fourth-order valence-electron chi connectivity index (χ4n) is 2.53. The first-order chi connectivity index (χ1) is 10.0. The van der Waals surface area contributed by atoms with Gasteiger partial charge in [0.05, 0.1) is 0 Å². The maximum Gasteiger partial charge on any atom is 0.417 e. The molecule has 2 rings (SSSR count). The Labute approximate surface area is 122 Å². The number of carboxylic acids is 1. The van der Waals surface area contributed by atoms with Crippen molar-refractivity contribution in [1.29, 1.82) is 0 Å². The van der Waals surface area contributed by atoms with Gasteiger partial charge in [0.25, 0.3) is 0 Å². The number of ether oxygens (including phenoxy) is 1. The molecule has 1 aromatic carbocycles. The molecule has 1 heterocycles. The topological polar surface area (TPSA) is 83.9 Å². The predicted octanol–water partition coefficient (Wildman–Crippen LogP) is 2.18. The lowest BCUT2D eigenvalue weighted by Gasteiger charge is -2.31. The van der Waals surface area contributed by atoms with Crippen molar-refractivity contribution in [2.24, 2.45) is 0 Å². The van der Waals surface area contributed by atoms with Crippen molar-refractivity contribution in [2.75, 3.05) is 0 Å². The number of aliphatic carboxylic acids is 1. The fourth-order valence-corrected chi connectivity index (χ4v) is 2.53. The summed E-state index contributed by atoms with van der Waals surface area (Å²) in [4.78, 5) is 36.2. The molecule has 1 fully saturated rings. The molecule has 0 unspecified atom stereocenters. The second-order valence-electron chi connectivity index (χ2n) is 4.96. The molecule has 0 saturated carbocycles. The predicted molar refractivity (Wildman–Crippen MR) is 73.4 cm³/mol. The Bertz CT molecular complexity index is 556. The Balaban J connectivity index is 2.12. The van der Waals surface area contributed by atoms with Crippen molar-refractivity contribution in [1.82, 2.24) is 4.90 Å². The van der Waals surface area contributed by atoms with Crippen LogP contribution >= 0.6 is 0 Å². The van der Waals surface area contributed by atoms with Crippen molar-refractivity contribution < 1.29 is 24.2 Å². The van der Waals surface area contributed by atoms with E-state index in [1.54, 1.807) is 31.2 Å². The van der Waals surface area contributed by atoms with Gasteiger partial charge in [-0.3, -0.25) is 4.79 Å². The van der Waals surface area contributed by atoms with E-state index in [4.69, 9.17) is 4.74 Å². The van der Waals surface area contributed by atoms with Gasteiger partial charge in [-0.2, -0.15) is 0 Å². The van der Waals surface area contributed by atoms with Gasteiger partial charge < -0.3 is 9.84 Å². The van der Waals surface area contributed by atoms with Crippen LogP contribution in [0.25, 0.3) is 0 Å². The van der Waals surface area contributed by atoms with Crippen LogP contribution in [0.5, 0.6) is 0 Å². The highest BCUT2D eigenvalue weighted by molar-refractivity contribution is 6.01. The highest BCUT2D eigenvalue weighted by Crippen LogP contribution is 2.34. The van der Waals surface area contributed by atoms with Gasteiger partial charge in [-0.05, 0) is 18.4 Å². The minimum Gasteiger partial charge on any atom is -0.479 e. The number of hydrogen-bond acceptors (Lipinski definition) is 4. The summed E-state index contributed by atoms with van der Waals surface area (Å²) >= 11 is 0. The standard InChI is InChI=1S/C15H17NO5/c1-2-15(13(18)19)9-8-12(17)16(15)14(20)21-10-11-6-4-3-5-7-11/h3-7H,2,8-10H2,1H3,(H,18,19)/t15-/m1/s1. The van der Waals surface area contributed by atoms with E-state index in [1.165, 1.54) is 0 Å². The number of amides is 2. The first-order valence-corrected chi connectivity index (χ1v) is 6.78. The maximum atomic E-state index is 12.1. The molecule has 1 N–H and O–H groups in total. The summed E-state index contributed by atoms with van der Waals surface area (Å²) in [5, 5.41) is 9.38. The zero-order valence-electron chi connectivity index (χ0n) is 11.7. The van der Waals surface area contributed by atoms with Crippen LogP contribution in [0.3, 0.4) is 0 Å². The Hall–Kier alpha value is -2.37. The van der Waals surface area contributed by atoms with Gasteiger partial charge in [0.15, 0.2) is 5.54 Å². The van der Waals surface area contributed by atoms with Gasteiger partial charge in [-0.15, -0.1) is 0 Å². The van der Waals surface area contributed by atoms with Gasteiger partial charge in [0.2, 0.25) is 5.91 Å². The molecule has 0 aliphatic carbocycles. The fraction of sp³-hybridized carbons (Fsp3) is 0.400. The number of carbonyl (C=O) groups excluding carboxylic acids is 2. The van der Waals surface area contributed by atoms with Crippen LogP contribution in [-0.4, -0.2) is 33.5 Å². The Morgan fingerprint density at radius 2 is 2.00 bits per heavy atom. The van der Waals surface area contributed by atoms with Crippen molar-refractivity contribution >= 4 is 18.0 Å². The van der Waals surface area contributed by atoms with Crippen LogP contribution in [0.4, 0.5) is 4.79 Å². The van der Waals surface area contributed by atoms with Crippen molar-refractivity contribution in [2.45, 2.75) is 38.3 Å². The smallest absolute Gasteiger partial charge is 0.417 e. The molecule has 1 aliphatic rings. The Kier molecular flexibility index (Phi) is 4.26. The second kappa shape index (κ2) is 5.95.